The van der Waals surface area contributed by atoms with Gasteiger partial charge in [-0.1, -0.05) is 19.8 Å². The Hall–Kier alpha value is -0.870. The Morgan fingerprint density at radius 2 is 2.00 bits per heavy atom. The van der Waals surface area contributed by atoms with Crippen molar-refractivity contribution in [1.29, 1.82) is 0 Å². The van der Waals surface area contributed by atoms with Gasteiger partial charge < -0.3 is 5.11 Å². The highest BCUT2D eigenvalue weighted by Crippen LogP contribution is 2.39. The highest BCUT2D eigenvalue weighted by molar-refractivity contribution is 7.11. The van der Waals surface area contributed by atoms with Gasteiger partial charge in [-0.2, -0.15) is 0 Å². The minimum Gasteiger partial charge on any atom is -0.480 e. The number of fused-ring (bicyclic) bond motifs is 1. The molecule has 1 aliphatic carbocycles. The largest absolute Gasteiger partial charge is 0.480 e. The second-order valence-corrected chi connectivity index (χ2v) is 7.69. The zero-order valence-electron chi connectivity index (χ0n) is 12.8. The van der Waals surface area contributed by atoms with Gasteiger partial charge in [-0.25, -0.2) is 0 Å². The van der Waals surface area contributed by atoms with Gasteiger partial charge in [0, 0.05) is 22.3 Å². The van der Waals surface area contributed by atoms with Crippen LogP contribution in [0.4, 0.5) is 0 Å². The number of hydrogen-bond acceptors (Lipinski definition) is 3. The second-order valence-electron chi connectivity index (χ2n) is 6.44. The standard InChI is InChI=1S/C17H25NO2S/c1-2-13-8-9-14(21-13)11-18-15-6-4-3-5-12(15)7-10-16(18)17(19)20/h8-9,12,15-16H,2-7,10-11H2,1H3,(H,19,20). The summed E-state index contributed by atoms with van der Waals surface area (Å²) < 4.78 is 0. The second kappa shape index (κ2) is 6.49. The van der Waals surface area contributed by atoms with Crippen molar-refractivity contribution in [1.82, 2.24) is 4.90 Å². The molecule has 1 aliphatic heterocycles. The van der Waals surface area contributed by atoms with Crippen molar-refractivity contribution in [2.75, 3.05) is 0 Å². The fourth-order valence-corrected chi connectivity index (χ4v) is 5.07. The Labute approximate surface area is 131 Å². The molecule has 0 radical (unpaired) electrons. The predicted octanol–water partition coefficient (Wildman–Crippen LogP) is 3.92. The van der Waals surface area contributed by atoms with Crippen molar-refractivity contribution >= 4 is 17.3 Å². The molecule has 4 heteroatoms. The first-order chi connectivity index (χ1) is 10.2. The van der Waals surface area contributed by atoms with Crippen molar-refractivity contribution in [2.45, 2.75) is 70.5 Å². The average molecular weight is 307 g/mol. The van der Waals surface area contributed by atoms with Crippen LogP contribution >= 0.6 is 11.3 Å². The van der Waals surface area contributed by atoms with Crippen LogP contribution in [0.5, 0.6) is 0 Å². The molecule has 116 valence electrons. The van der Waals surface area contributed by atoms with Crippen LogP contribution in [0, 0.1) is 5.92 Å². The molecule has 0 bridgehead atoms. The van der Waals surface area contributed by atoms with Gasteiger partial charge in [-0.05, 0) is 50.2 Å². The summed E-state index contributed by atoms with van der Waals surface area (Å²) in [5.41, 5.74) is 0. The van der Waals surface area contributed by atoms with Crippen LogP contribution in [0.1, 0.15) is 55.2 Å². The van der Waals surface area contributed by atoms with E-state index in [0.717, 1.165) is 31.7 Å². The number of piperidine rings is 1. The van der Waals surface area contributed by atoms with Gasteiger partial charge in [0.05, 0.1) is 0 Å². The quantitative estimate of drug-likeness (QED) is 0.916. The maximum absolute atomic E-state index is 11.7. The Balaban J connectivity index is 1.80. The van der Waals surface area contributed by atoms with Crippen molar-refractivity contribution in [3.8, 4) is 0 Å². The third-order valence-corrected chi connectivity index (χ3v) is 6.41. The summed E-state index contributed by atoms with van der Waals surface area (Å²) >= 11 is 1.85. The molecule has 1 N–H and O–H groups in total. The zero-order chi connectivity index (χ0) is 14.8. The van der Waals surface area contributed by atoms with E-state index in [-0.39, 0.29) is 6.04 Å². The lowest BCUT2D eigenvalue weighted by Gasteiger charge is -2.47. The van der Waals surface area contributed by atoms with Gasteiger partial charge in [0.15, 0.2) is 0 Å². The monoisotopic (exact) mass is 307 g/mol. The van der Waals surface area contributed by atoms with Gasteiger partial charge in [0.1, 0.15) is 6.04 Å². The minimum absolute atomic E-state index is 0.281. The van der Waals surface area contributed by atoms with Crippen LogP contribution in [-0.2, 0) is 17.8 Å². The van der Waals surface area contributed by atoms with E-state index in [0.29, 0.717) is 6.04 Å². The number of carboxylic acids is 1. The Kier molecular flexibility index (Phi) is 4.65. The van der Waals surface area contributed by atoms with E-state index in [1.165, 1.54) is 35.4 Å². The number of likely N-dealkylation sites (tertiary alicyclic amines) is 1. The first-order valence-corrected chi connectivity index (χ1v) is 9.07. The lowest BCUT2D eigenvalue weighted by molar-refractivity contribution is -0.148. The molecular formula is C17H25NO2S. The smallest absolute Gasteiger partial charge is 0.320 e. The van der Waals surface area contributed by atoms with Crippen molar-refractivity contribution < 1.29 is 9.90 Å². The third kappa shape index (κ3) is 3.16. The van der Waals surface area contributed by atoms with Crippen LogP contribution in [0.2, 0.25) is 0 Å². The summed E-state index contributed by atoms with van der Waals surface area (Å²) in [6, 6.07) is 4.59. The van der Waals surface area contributed by atoms with Crippen molar-refractivity contribution in [2.24, 2.45) is 5.92 Å². The molecule has 0 aromatic carbocycles. The molecule has 3 nitrogen and oxygen atoms in total. The lowest BCUT2D eigenvalue weighted by atomic mass is 9.76. The molecule has 1 aromatic rings. The lowest BCUT2D eigenvalue weighted by Crippen LogP contribution is -2.54. The Bertz CT molecular complexity index is 499. The molecule has 3 atom stereocenters. The number of carboxylic acid groups (broad SMARTS) is 1. The van der Waals surface area contributed by atoms with E-state index in [1.54, 1.807) is 0 Å². The SMILES string of the molecule is CCc1ccc(CN2C(C(=O)O)CCC3CCCCC32)s1. The highest BCUT2D eigenvalue weighted by Gasteiger charge is 2.41. The maximum atomic E-state index is 11.7. The van der Waals surface area contributed by atoms with E-state index < -0.39 is 5.97 Å². The van der Waals surface area contributed by atoms with E-state index in [2.05, 4.69) is 24.0 Å². The predicted molar refractivity (Wildman–Crippen MR) is 85.6 cm³/mol. The fraction of sp³-hybridized carbons (Fsp3) is 0.706. The first kappa shape index (κ1) is 15.0. The fourth-order valence-electron chi connectivity index (χ4n) is 4.10. The molecule has 0 spiro atoms. The number of nitrogens with zero attached hydrogens (tertiary/aromatic N) is 1. The normalized spacial score (nSPS) is 30.0. The molecule has 0 amide bonds. The summed E-state index contributed by atoms with van der Waals surface area (Å²) in [5, 5.41) is 9.59. The molecule has 3 unspecified atom stereocenters. The number of aryl methyl sites for hydroxylation is 1. The van der Waals surface area contributed by atoms with Gasteiger partial charge in [-0.3, -0.25) is 9.69 Å². The highest BCUT2D eigenvalue weighted by atomic mass is 32.1. The number of carbonyl (C=O) groups is 1. The van der Waals surface area contributed by atoms with Gasteiger partial charge >= 0.3 is 5.97 Å². The summed E-state index contributed by atoms with van der Waals surface area (Å²) in [6.45, 7) is 3.00. The van der Waals surface area contributed by atoms with E-state index >= 15 is 0 Å². The van der Waals surface area contributed by atoms with Crippen molar-refractivity contribution in [3.05, 3.63) is 21.9 Å². The summed E-state index contributed by atoms with van der Waals surface area (Å²) in [4.78, 5) is 16.7. The number of rotatable bonds is 4. The molecule has 1 saturated heterocycles. The van der Waals surface area contributed by atoms with Gasteiger partial charge in [-0.15, -0.1) is 11.3 Å². The van der Waals surface area contributed by atoms with Gasteiger partial charge in [0.2, 0.25) is 0 Å². The molecule has 2 aliphatic rings. The third-order valence-electron chi connectivity index (χ3n) is 5.20. The van der Waals surface area contributed by atoms with E-state index in [9.17, 15) is 9.90 Å². The topological polar surface area (TPSA) is 40.5 Å². The summed E-state index contributed by atoms with van der Waals surface area (Å²) in [7, 11) is 0. The molecule has 21 heavy (non-hydrogen) atoms. The maximum Gasteiger partial charge on any atom is 0.320 e. The number of aliphatic carboxylic acids is 1. The average Bonchev–Trinajstić information content (AvgIpc) is 2.95. The van der Waals surface area contributed by atoms with Gasteiger partial charge in [0.25, 0.3) is 0 Å². The molecule has 2 fully saturated rings. The van der Waals surface area contributed by atoms with Crippen molar-refractivity contribution in [3.63, 3.8) is 0 Å². The first-order valence-electron chi connectivity index (χ1n) is 8.25. The Morgan fingerprint density at radius 1 is 1.24 bits per heavy atom. The zero-order valence-corrected chi connectivity index (χ0v) is 13.6. The molecule has 2 heterocycles. The van der Waals surface area contributed by atoms with Crippen LogP contribution in [0.15, 0.2) is 12.1 Å². The molecule has 1 aromatic heterocycles. The summed E-state index contributed by atoms with van der Waals surface area (Å²) in [5.74, 6) is 0.0891. The number of thiophene rings is 1. The van der Waals surface area contributed by atoms with E-state index in [4.69, 9.17) is 0 Å². The number of hydrogen-bond donors (Lipinski definition) is 1. The molecule has 1 saturated carbocycles. The van der Waals surface area contributed by atoms with Crippen LogP contribution in [0.25, 0.3) is 0 Å². The van der Waals surface area contributed by atoms with Crippen LogP contribution in [-0.4, -0.2) is 28.1 Å². The Morgan fingerprint density at radius 3 is 2.71 bits per heavy atom. The summed E-state index contributed by atoms with van der Waals surface area (Å²) in [6.07, 6.45) is 8.05. The van der Waals surface area contributed by atoms with Crippen LogP contribution < -0.4 is 0 Å². The minimum atomic E-state index is -0.633. The molecule has 3 rings (SSSR count). The molecular weight excluding hydrogens is 282 g/mol. The van der Waals surface area contributed by atoms with Crippen LogP contribution in [0.3, 0.4) is 0 Å². The van der Waals surface area contributed by atoms with E-state index in [1.807, 2.05) is 11.3 Å².